The summed E-state index contributed by atoms with van der Waals surface area (Å²) >= 11 is 0. The molecule has 0 unspecified atom stereocenters. The molecule has 0 heterocycles. The van der Waals surface area contributed by atoms with Crippen LogP contribution >= 0.6 is 0 Å². The third-order valence-electron chi connectivity index (χ3n) is 1.44. The predicted octanol–water partition coefficient (Wildman–Crippen LogP) is 2.30. The maximum atomic E-state index is 12.2. The summed E-state index contributed by atoms with van der Waals surface area (Å²) in [7, 11) is -7.17. The van der Waals surface area contributed by atoms with Crippen LogP contribution in [-0.2, 0) is 10.1 Å². The molecule has 1 N–H and O–H groups in total. The highest BCUT2D eigenvalue weighted by Gasteiger charge is 2.85. The molecule has 0 aromatic rings. The van der Waals surface area contributed by atoms with Gasteiger partial charge in [-0.2, -0.15) is 47.9 Å². The van der Waals surface area contributed by atoms with Crippen LogP contribution in [0.2, 0.25) is 0 Å². The summed E-state index contributed by atoms with van der Waals surface area (Å²) < 4.78 is 134. The summed E-state index contributed by atoms with van der Waals surface area (Å²) in [5, 5.41) is -7.00. The van der Waals surface area contributed by atoms with Gasteiger partial charge in [0, 0.05) is 0 Å². The number of halogens is 9. The topological polar surface area (TPSA) is 54.4 Å². The summed E-state index contributed by atoms with van der Waals surface area (Å²) in [6, 6.07) is 0. The van der Waals surface area contributed by atoms with Gasteiger partial charge >= 0.3 is 33.4 Å². The Morgan fingerprint density at radius 3 is 1.18 bits per heavy atom. The molecule has 104 valence electrons. The van der Waals surface area contributed by atoms with Crippen LogP contribution in [0.3, 0.4) is 0 Å². The molecule has 17 heavy (non-hydrogen) atoms. The Bertz CT molecular complexity index is 393. The lowest BCUT2D eigenvalue weighted by Gasteiger charge is -2.31. The SMILES string of the molecule is O=S(=O)(O)[13C](F)(F)[13C](F)(F)[13C](F)(F)[13C](F)(F)F. The normalized spacial score (nSPS) is 16.1. The van der Waals surface area contributed by atoms with Gasteiger partial charge in [-0.1, -0.05) is 0 Å². The lowest BCUT2D eigenvalue weighted by molar-refractivity contribution is -0.382. The highest BCUT2D eigenvalue weighted by Crippen LogP contribution is 2.54. The van der Waals surface area contributed by atoms with Gasteiger partial charge in [0.2, 0.25) is 0 Å². The maximum absolute atomic E-state index is 12.2. The van der Waals surface area contributed by atoms with Crippen LogP contribution in [-0.4, -0.2) is 36.2 Å². The molecule has 0 aromatic carbocycles. The van der Waals surface area contributed by atoms with Gasteiger partial charge < -0.3 is 0 Å². The van der Waals surface area contributed by atoms with E-state index in [-0.39, 0.29) is 0 Å². The standard InChI is InChI=1S/C4HF9O3S/c5-1(6,3(9,10)11)2(7,8)4(12,13)17(14,15)16/h(H,14,15,16)/i1+1,2+1,3+1,4+1. The van der Waals surface area contributed by atoms with Crippen LogP contribution in [0, 0.1) is 0 Å². The van der Waals surface area contributed by atoms with Crippen LogP contribution in [0.4, 0.5) is 39.5 Å². The van der Waals surface area contributed by atoms with E-state index in [0.29, 0.717) is 0 Å². The van der Waals surface area contributed by atoms with E-state index in [2.05, 4.69) is 0 Å². The Kier molecular flexibility index (Phi) is 3.48. The second-order valence-electron chi connectivity index (χ2n) is 2.64. The molecule has 0 saturated carbocycles. The van der Waals surface area contributed by atoms with E-state index in [1.165, 1.54) is 0 Å². The van der Waals surface area contributed by atoms with Gasteiger partial charge in [0.25, 0.3) is 0 Å². The first kappa shape index (κ1) is 16.3. The van der Waals surface area contributed by atoms with E-state index in [4.69, 9.17) is 4.55 Å². The zero-order valence-corrected chi connectivity index (χ0v) is 7.89. The van der Waals surface area contributed by atoms with E-state index in [1.54, 1.807) is 0 Å². The van der Waals surface area contributed by atoms with Crippen LogP contribution in [0.15, 0.2) is 0 Å². The van der Waals surface area contributed by atoms with Crippen LogP contribution in [0.1, 0.15) is 0 Å². The monoisotopic (exact) mass is 304 g/mol. The lowest BCUT2D eigenvalue weighted by atomic mass is 11.1. The molecule has 0 fully saturated rings. The first-order valence-electron chi connectivity index (χ1n) is 3.17. The summed E-state index contributed by atoms with van der Waals surface area (Å²) in [6.45, 7) is 0. The van der Waals surface area contributed by atoms with Crippen molar-refractivity contribution in [2.24, 2.45) is 0 Å². The van der Waals surface area contributed by atoms with Crippen molar-refractivity contribution in [3.05, 3.63) is 0 Å². The Balaban J connectivity index is 5.91. The largest absolute Gasteiger partial charge is 0.460 e. The van der Waals surface area contributed by atoms with E-state index in [0.717, 1.165) is 0 Å². The molecule has 0 radical (unpaired) electrons. The van der Waals surface area contributed by atoms with Gasteiger partial charge in [0.1, 0.15) is 0 Å². The Hall–Kier alpha value is -0.720. The number of rotatable bonds is 3. The molecule has 0 atom stereocenters. The molecule has 0 aliphatic heterocycles. The summed E-state index contributed by atoms with van der Waals surface area (Å²) in [4.78, 5) is 0. The molecule has 3 nitrogen and oxygen atoms in total. The van der Waals surface area contributed by atoms with Crippen LogP contribution in [0.25, 0.3) is 0 Å². The molecule has 0 rings (SSSR count). The van der Waals surface area contributed by atoms with Gasteiger partial charge in [-0.05, 0) is 0 Å². The fraction of sp³-hybridized carbons (Fsp3) is 1.00. The van der Waals surface area contributed by atoms with Gasteiger partial charge in [-0.25, -0.2) is 0 Å². The second-order valence-corrected chi connectivity index (χ2v) is 4.10. The minimum absolute atomic E-state index is 7.00. The van der Waals surface area contributed by atoms with Crippen molar-refractivity contribution in [2.75, 3.05) is 0 Å². The summed E-state index contributed by atoms with van der Waals surface area (Å²) in [5.74, 6) is -14.7. The van der Waals surface area contributed by atoms with E-state index >= 15 is 0 Å². The molecule has 0 saturated heterocycles. The van der Waals surface area contributed by atoms with Crippen LogP contribution in [0.5, 0.6) is 0 Å². The number of hydrogen-bond donors (Lipinski definition) is 1. The molecule has 13 heteroatoms. The smallest absolute Gasteiger partial charge is 0.281 e. The third-order valence-corrected chi connectivity index (χ3v) is 2.34. The Morgan fingerprint density at radius 2 is 1.00 bits per heavy atom. The van der Waals surface area contributed by atoms with Crippen molar-refractivity contribution in [3.8, 4) is 0 Å². The fourth-order valence-corrected chi connectivity index (χ4v) is 0.975. The van der Waals surface area contributed by atoms with Gasteiger partial charge in [-0.15, -0.1) is 0 Å². The summed E-state index contributed by atoms with van der Waals surface area (Å²) in [6.07, 6.45) is -7.13. The van der Waals surface area contributed by atoms with Crippen molar-refractivity contribution < 1.29 is 52.5 Å². The van der Waals surface area contributed by atoms with E-state index < -0.39 is 33.4 Å². The molecule has 0 aliphatic rings. The van der Waals surface area contributed by atoms with Crippen molar-refractivity contribution in [1.82, 2.24) is 0 Å². The molecular weight excluding hydrogens is 303 g/mol. The zero-order valence-electron chi connectivity index (χ0n) is 7.07. The number of alkyl halides is 9. The maximum Gasteiger partial charge on any atom is 0.460 e. The Labute approximate surface area is 87.0 Å². The quantitative estimate of drug-likeness (QED) is 0.494. The molecule has 0 aliphatic carbocycles. The summed E-state index contributed by atoms with van der Waals surface area (Å²) in [5.41, 5.74) is 0. The molecular formula is C4HF9O3S. The van der Waals surface area contributed by atoms with Crippen molar-refractivity contribution in [2.45, 2.75) is 23.3 Å². The van der Waals surface area contributed by atoms with Crippen molar-refractivity contribution in [3.63, 3.8) is 0 Å². The van der Waals surface area contributed by atoms with Gasteiger partial charge in [0.05, 0.1) is 0 Å². The zero-order chi connectivity index (χ0) is 14.5. The first-order chi connectivity index (χ1) is 7.00. The highest BCUT2D eigenvalue weighted by atomic mass is 32.2. The lowest BCUT2D eigenvalue weighted by Crippen LogP contribution is -2.63. The molecule has 0 amide bonds. The average molecular weight is 304 g/mol. The Morgan fingerprint density at radius 1 is 0.706 bits per heavy atom. The molecule has 0 spiro atoms. The molecule has 0 bridgehead atoms. The molecule has 0 aromatic heterocycles. The minimum atomic E-state index is -7.37. The van der Waals surface area contributed by atoms with Gasteiger partial charge in [0.15, 0.2) is 0 Å². The average Bonchev–Trinajstić information content (AvgIpc) is 1.98. The fourth-order valence-electron chi connectivity index (χ4n) is 0.523. The highest BCUT2D eigenvalue weighted by molar-refractivity contribution is 7.87. The van der Waals surface area contributed by atoms with Gasteiger partial charge in [-0.3, -0.25) is 4.55 Å². The number of hydrogen-bond acceptors (Lipinski definition) is 2. The minimum Gasteiger partial charge on any atom is -0.281 e. The third kappa shape index (κ3) is 2.17. The van der Waals surface area contributed by atoms with Crippen LogP contribution < -0.4 is 0 Å². The predicted molar refractivity (Wildman–Crippen MR) is 32.4 cm³/mol. The second kappa shape index (κ2) is 3.63. The first-order valence-corrected chi connectivity index (χ1v) is 4.61. The van der Waals surface area contributed by atoms with Crippen molar-refractivity contribution >= 4 is 10.1 Å². The van der Waals surface area contributed by atoms with Crippen molar-refractivity contribution in [1.29, 1.82) is 0 Å². The van der Waals surface area contributed by atoms with E-state index in [1.807, 2.05) is 0 Å². The van der Waals surface area contributed by atoms with E-state index in [9.17, 15) is 47.9 Å².